The number of aromatic nitrogens is 1. The maximum absolute atomic E-state index is 14.5. The number of carbonyl (C=O) groups excluding carboxylic acids is 3. The predicted octanol–water partition coefficient (Wildman–Crippen LogP) is 3.71. The molecule has 2 heterocycles. The first-order chi connectivity index (χ1) is 19.8. The lowest BCUT2D eigenvalue weighted by Gasteiger charge is -2.32. The van der Waals surface area contributed by atoms with Crippen LogP contribution in [0.4, 0.5) is 11.4 Å². The number of fused-ring (bicyclic) bond motifs is 2. The van der Waals surface area contributed by atoms with Gasteiger partial charge in [0.05, 0.1) is 52.9 Å². The molecule has 3 amide bonds. The van der Waals surface area contributed by atoms with Crippen LogP contribution >= 0.6 is 11.8 Å². The van der Waals surface area contributed by atoms with Crippen molar-refractivity contribution >= 4 is 51.8 Å². The molecule has 3 aromatic rings. The Morgan fingerprint density at radius 1 is 1.20 bits per heavy atom. The maximum atomic E-state index is 14.5. The number of likely N-dealkylation sites (N-methyl/N-ethyl adjacent to an activating group) is 1. The maximum Gasteiger partial charge on any atom is 0.252 e. The number of para-hydroxylation sites is 1. The van der Waals surface area contributed by atoms with Crippen LogP contribution in [0.15, 0.2) is 48.7 Å². The van der Waals surface area contributed by atoms with Crippen LogP contribution in [-0.2, 0) is 20.9 Å². The van der Waals surface area contributed by atoms with Gasteiger partial charge < -0.3 is 20.4 Å². The molecule has 0 spiro atoms. The summed E-state index contributed by atoms with van der Waals surface area (Å²) in [6.45, 7) is 3.72. The molecule has 1 aliphatic heterocycles. The fourth-order valence-electron chi connectivity index (χ4n) is 5.48. The second-order valence-corrected chi connectivity index (χ2v) is 11.5. The van der Waals surface area contributed by atoms with Crippen LogP contribution in [0.25, 0.3) is 10.9 Å². The molecule has 1 unspecified atom stereocenters. The molecule has 2 aliphatic rings. The van der Waals surface area contributed by atoms with Crippen LogP contribution < -0.4 is 20.4 Å². The van der Waals surface area contributed by atoms with Gasteiger partial charge in [-0.1, -0.05) is 18.2 Å². The van der Waals surface area contributed by atoms with Gasteiger partial charge >= 0.3 is 0 Å². The third kappa shape index (κ3) is 5.52. The first-order valence-electron chi connectivity index (χ1n) is 13.8. The molecule has 9 nitrogen and oxygen atoms in total. The van der Waals surface area contributed by atoms with Gasteiger partial charge in [0.15, 0.2) is 0 Å². The van der Waals surface area contributed by atoms with E-state index in [1.807, 2.05) is 36.7 Å². The molecular weight excluding hydrogens is 536 g/mol. The van der Waals surface area contributed by atoms with Crippen LogP contribution in [0.1, 0.15) is 49.3 Å². The molecular formula is C31H34N6O3S. The van der Waals surface area contributed by atoms with Crippen LogP contribution in [0.2, 0.25) is 0 Å². The highest BCUT2D eigenvalue weighted by atomic mass is 32.2. The van der Waals surface area contributed by atoms with E-state index in [9.17, 15) is 19.6 Å². The smallest absolute Gasteiger partial charge is 0.252 e. The van der Waals surface area contributed by atoms with Crippen LogP contribution in [0, 0.1) is 11.3 Å². The van der Waals surface area contributed by atoms with Gasteiger partial charge in [-0.15, -0.1) is 0 Å². The Hall–Kier alpha value is -3.94. The number of rotatable bonds is 8. The first kappa shape index (κ1) is 28.6. The Bertz CT molecular complexity index is 1550. The van der Waals surface area contributed by atoms with E-state index < -0.39 is 18.1 Å². The van der Waals surface area contributed by atoms with Crippen molar-refractivity contribution < 1.29 is 14.4 Å². The molecule has 41 heavy (non-hydrogen) atoms. The second-order valence-electron chi connectivity index (χ2n) is 10.7. The highest BCUT2D eigenvalue weighted by Gasteiger charge is 2.43. The summed E-state index contributed by atoms with van der Waals surface area (Å²) in [7, 11) is 1.68. The van der Waals surface area contributed by atoms with Crippen molar-refractivity contribution in [1.82, 2.24) is 15.6 Å². The minimum Gasteiger partial charge on any atom is -0.341 e. The summed E-state index contributed by atoms with van der Waals surface area (Å²) >= 11 is 1.38. The lowest BCUT2D eigenvalue weighted by molar-refractivity contribution is -0.129. The number of anilines is 2. The van der Waals surface area contributed by atoms with Gasteiger partial charge in [-0.05, 0) is 81.3 Å². The molecule has 10 heteroatoms. The average molecular weight is 571 g/mol. The van der Waals surface area contributed by atoms with E-state index in [2.05, 4.69) is 16.7 Å². The second kappa shape index (κ2) is 11.9. The van der Waals surface area contributed by atoms with Crippen molar-refractivity contribution in [2.75, 3.05) is 28.9 Å². The fourth-order valence-corrected chi connectivity index (χ4v) is 5.87. The number of carbonyl (C=O) groups is 3. The molecule has 1 aliphatic carbocycles. The van der Waals surface area contributed by atoms with Crippen LogP contribution in [-0.4, -0.2) is 59.9 Å². The lowest BCUT2D eigenvalue weighted by Crippen LogP contribution is -2.60. The Kier molecular flexibility index (Phi) is 8.29. The molecule has 1 aromatic heterocycles. The molecule has 0 bridgehead atoms. The average Bonchev–Trinajstić information content (AvgIpc) is 3.83. The number of hydrogen-bond donors (Lipinski definition) is 2. The number of nitrogens with one attached hydrogen (secondary N) is 2. The SMILES string of the molecule is CN[C@@H](C)C(=O)NC1C(=O)N(Cc2c(C3CC3)cnc3ccccc23)c2ccc(C#N)cc2N(C(=O)CSC)[C@H]1C. The monoisotopic (exact) mass is 570 g/mol. The van der Waals surface area contributed by atoms with Crippen molar-refractivity contribution in [3.8, 4) is 6.07 Å². The minimum absolute atomic E-state index is 0.184. The molecule has 0 radical (unpaired) electrons. The zero-order valence-corrected chi connectivity index (χ0v) is 24.5. The summed E-state index contributed by atoms with van der Waals surface area (Å²) in [5, 5.41) is 16.6. The number of amides is 3. The minimum atomic E-state index is -1.01. The zero-order chi connectivity index (χ0) is 29.3. The van der Waals surface area contributed by atoms with E-state index in [-0.39, 0.29) is 30.0 Å². The molecule has 0 saturated heterocycles. The van der Waals surface area contributed by atoms with Gasteiger partial charge in [-0.3, -0.25) is 19.4 Å². The number of thioether (sulfide) groups is 1. The summed E-state index contributed by atoms with van der Waals surface area (Å²) in [5.41, 5.74) is 4.34. The zero-order valence-electron chi connectivity index (χ0n) is 23.7. The van der Waals surface area contributed by atoms with Crippen molar-refractivity contribution in [3.05, 3.63) is 65.4 Å². The van der Waals surface area contributed by atoms with E-state index in [0.717, 1.165) is 34.9 Å². The van der Waals surface area contributed by atoms with Gasteiger partial charge in [0.1, 0.15) is 6.04 Å². The largest absolute Gasteiger partial charge is 0.341 e. The summed E-state index contributed by atoms with van der Waals surface area (Å²) in [6.07, 6.45) is 5.89. The topological polar surface area (TPSA) is 118 Å². The Morgan fingerprint density at radius 2 is 1.95 bits per heavy atom. The molecule has 2 aromatic carbocycles. The van der Waals surface area contributed by atoms with E-state index in [4.69, 9.17) is 4.98 Å². The van der Waals surface area contributed by atoms with Crippen molar-refractivity contribution in [3.63, 3.8) is 0 Å². The standard InChI is InChI=1S/C31H34N6O3S/c1-18(33-3)30(39)35-29-19(2)37(28(38)17-41-4)27-13-20(14-32)9-12-26(27)36(31(29)40)16-24-22-7-5-6-8-25(22)34-15-23(24)21-10-11-21/h5-9,12-13,15,18-19,21,29,33H,10-11,16-17H2,1-4H3,(H,35,39)/t18-,19-,29?/m0/s1. The number of nitriles is 1. The van der Waals surface area contributed by atoms with Crippen LogP contribution in [0.3, 0.4) is 0 Å². The summed E-state index contributed by atoms with van der Waals surface area (Å²) in [6, 6.07) is 12.9. The van der Waals surface area contributed by atoms with Gasteiger partial charge in [0, 0.05) is 11.6 Å². The molecule has 1 fully saturated rings. The fraction of sp³-hybridized carbons (Fsp3) is 0.387. The third-order valence-corrected chi connectivity index (χ3v) is 8.53. The van der Waals surface area contributed by atoms with E-state index in [0.29, 0.717) is 22.9 Å². The summed E-state index contributed by atoms with van der Waals surface area (Å²) in [5.74, 6) is -0.294. The first-order valence-corrected chi connectivity index (χ1v) is 15.2. The van der Waals surface area contributed by atoms with Gasteiger partial charge in [-0.2, -0.15) is 17.0 Å². The predicted molar refractivity (Wildman–Crippen MR) is 162 cm³/mol. The third-order valence-electron chi connectivity index (χ3n) is 7.99. The molecule has 212 valence electrons. The van der Waals surface area contributed by atoms with Crippen molar-refractivity contribution in [2.24, 2.45) is 0 Å². The highest BCUT2D eigenvalue weighted by Crippen LogP contribution is 2.44. The van der Waals surface area contributed by atoms with E-state index in [1.54, 1.807) is 48.9 Å². The Balaban J connectivity index is 1.70. The summed E-state index contributed by atoms with van der Waals surface area (Å²) < 4.78 is 0. The van der Waals surface area contributed by atoms with Gasteiger partial charge in [-0.25, -0.2) is 0 Å². The van der Waals surface area contributed by atoms with Crippen LogP contribution in [0.5, 0.6) is 0 Å². The lowest BCUT2D eigenvalue weighted by atomic mass is 9.99. The van der Waals surface area contributed by atoms with Gasteiger partial charge in [0.2, 0.25) is 11.8 Å². The summed E-state index contributed by atoms with van der Waals surface area (Å²) in [4.78, 5) is 49.2. The Morgan fingerprint density at radius 3 is 2.63 bits per heavy atom. The van der Waals surface area contributed by atoms with Gasteiger partial charge in [0.25, 0.3) is 5.91 Å². The van der Waals surface area contributed by atoms with E-state index >= 15 is 0 Å². The molecule has 3 atom stereocenters. The Labute approximate surface area is 244 Å². The number of pyridine rings is 1. The normalized spacial score (nSPS) is 19.3. The number of nitrogens with zero attached hydrogens (tertiary/aromatic N) is 4. The highest BCUT2D eigenvalue weighted by molar-refractivity contribution is 7.99. The molecule has 5 rings (SSSR count). The van der Waals surface area contributed by atoms with E-state index in [1.165, 1.54) is 11.8 Å². The van der Waals surface area contributed by atoms with Crippen molar-refractivity contribution in [2.45, 2.75) is 57.3 Å². The molecule has 2 N–H and O–H groups in total. The van der Waals surface area contributed by atoms with Crippen molar-refractivity contribution in [1.29, 1.82) is 5.26 Å². The quantitative estimate of drug-likeness (QED) is 0.424. The number of hydrogen-bond acceptors (Lipinski definition) is 7. The number of benzene rings is 2. The molecule has 1 saturated carbocycles.